The number of rotatable bonds is 6. The van der Waals surface area contributed by atoms with Gasteiger partial charge in [-0.05, 0) is 55.9 Å². The maximum Gasteiger partial charge on any atom is 0.250 e. The minimum atomic E-state index is -3.38. The molecule has 146 valence electrons. The summed E-state index contributed by atoms with van der Waals surface area (Å²) in [6.07, 6.45) is 10.8. The van der Waals surface area contributed by atoms with E-state index in [0.717, 1.165) is 38.5 Å². The van der Waals surface area contributed by atoms with Gasteiger partial charge in [0.05, 0.1) is 0 Å². The number of carbonyl (C=O) groups excluding carboxylic acids is 1. The van der Waals surface area contributed by atoms with Gasteiger partial charge >= 0.3 is 0 Å². The van der Waals surface area contributed by atoms with E-state index >= 15 is 0 Å². The van der Waals surface area contributed by atoms with Crippen molar-refractivity contribution in [1.82, 2.24) is 10.0 Å². The Morgan fingerprint density at radius 1 is 1.04 bits per heavy atom. The predicted molar refractivity (Wildman–Crippen MR) is 105 cm³/mol. The summed E-state index contributed by atoms with van der Waals surface area (Å²) in [5.74, 6) is 0.643. The monoisotopic (exact) mass is 398 g/mol. The first-order chi connectivity index (χ1) is 12.5. The molecule has 0 aliphatic heterocycles. The summed E-state index contributed by atoms with van der Waals surface area (Å²) in [5, 5.41) is 5.04. The highest BCUT2D eigenvalue weighted by Crippen LogP contribution is 2.29. The first kappa shape index (κ1) is 19.8. The maximum atomic E-state index is 12.5. The zero-order valence-electron chi connectivity index (χ0n) is 15.3. The lowest BCUT2D eigenvalue weighted by Crippen LogP contribution is -2.40. The van der Waals surface area contributed by atoms with Gasteiger partial charge < -0.3 is 5.32 Å². The largest absolute Gasteiger partial charge is 0.353 e. The molecule has 2 aliphatic rings. The van der Waals surface area contributed by atoms with Crippen LogP contribution in [0.15, 0.2) is 21.7 Å². The highest BCUT2D eigenvalue weighted by molar-refractivity contribution is 7.91. The third-order valence-electron chi connectivity index (χ3n) is 5.74. The molecule has 2 aliphatic carbocycles. The van der Waals surface area contributed by atoms with Crippen LogP contribution in [-0.2, 0) is 14.8 Å². The van der Waals surface area contributed by atoms with Gasteiger partial charge in [-0.25, -0.2) is 13.1 Å². The smallest absolute Gasteiger partial charge is 0.250 e. The lowest BCUT2D eigenvalue weighted by molar-refractivity contribution is -0.127. The second-order valence-corrected chi connectivity index (χ2v) is 10.6. The molecule has 26 heavy (non-hydrogen) atoms. The minimum Gasteiger partial charge on any atom is -0.353 e. The summed E-state index contributed by atoms with van der Waals surface area (Å²) >= 11 is 1.24. The Labute approximate surface area is 161 Å². The molecule has 2 N–H and O–H groups in total. The van der Waals surface area contributed by atoms with Crippen molar-refractivity contribution in [2.75, 3.05) is 6.54 Å². The quantitative estimate of drug-likeness (QED) is 0.718. The average Bonchev–Trinajstić information content (AvgIpc) is 3.08. The molecule has 0 aromatic carbocycles. The van der Waals surface area contributed by atoms with Crippen molar-refractivity contribution in [1.29, 1.82) is 0 Å². The molecule has 1 aromatic rings. The van der Waals surface area contributed by atoms with Crippen LogP contribution < -0.4 is 10.0 Å². The van der Waals surface area contributed by atoms with Gasteiger partial charge in [-0.2, -0.15) is 0 Å². The molecule has 1 aromatic heterocycles. The molecule has 7 heteroatoms. The van der Waals surface area contributed by atoms with Crippen molar-refractivity contribution in [2.24, 2.45) is 11.8 Å². The fourth-order valence-electron chi connectivity index (χ4n) is 4.09. The molecule has 1 amide bonds. The van der Waals surface area contributed by atoms with Crippen molar-refractivity contribution < 1.29 is 13.2 Å². The fraction of sp³-hybridized carbons (Fsp3) is 0.737. The van der Waals surface area contributed by atoms with Gasteiger partial charge in [-0.15, -0.1) is 11.3 Å². The highest BCUT2D eigenvalue weighted by Gasteiger charge is 2.28. The van der Waals surface area contributed by atoms with Gasteiger partial charge in [0.15, 0.2) is 0 Å². The lowest BCUT2D eigenvalue weighted by Gasteiger charge is -2.29. The third-order valence-corrected chi connectivity index (χ3v) is 8.56. The Balaban J connectivity index is 1.40. The molecule has 0 bridgehead atoms. The van der Waals surface area contributed by atoms with E-state index in [1.165, 1.54) is 37.0 Å². The van der Waals surface area contributed by atoms with Crippen molar-refractivity contribution in [3.05, 3.63) is 17.5 Å². The third kappa shape index (κ3) is 5.54. The van der Waals surface area contributed by atoms with Crippen LogP contribution in [-0.4, -0.2) is 26.9 Å². The van der Waals surface area contributed by atoms with Crippen molar-refractivity contribution in [3.63, 3.8) is 0 Å². The van der Waals surface area contributed by atoms with Gasteiger partial charge in [-0.3, -0.25) is 4.79 Å². The van der Waals surface area contributed by atoms with Crippen molar-refractivity contribution in [3.8, 4) is 0 Å². The van der Waals surface area contributed by atoms with Crippen LogP contribution in [0.4, 0.5) is 0 Å². The minimum absolute atomic E-state index is 0.100. The summed E-state index contributed by atoms with van der Waals surface area (Å²) in [6.45, 7) is 0.469. The Morgan fingerprint density at radius 3 is 2.35 bits per heavy atom. The standard InChI is InChI=1S/C19H30N2O3S2/c22-19(21-17-6-3-1-2-4-7-17)16-11-9-15(10-12-16)14-20-26(23,24)18-8-5-13-25-18/h5,8,13,15-17,20H,1-4,6-7,9-12,14H2,(H,21,22). The van der Waals surface area contributed by atoms with Crippen LogP contribution in [0.25, 0.3) is 0 Å². The molecule has 0 spiro atoms. The van der Waals surface area contributed by atoms with E-state index in [1.54, 1.807) is 17.5 Å². The predicted octanol–water partition coefficient (Wildman–Crippen LogP) is 3.67. The van der Waals surface area contributed by atoms with Crippen molar-refractivity contribution in [2.45, 2.75) is 74.5 Å². The van der Waals surface area contributed by atoms with E-state index in [2.05, 4.69) is 10.0 Å². The number of hydrogen-bond donors (Lipinski definition) is 2. The Hall–Kier alpha value is -0.920. The summed E-state index contributed by atoms with van der Waals surface area (Å²) < 4.78 is 27.5. The topological polar surface area (TPSA) is 75.3 Å². The number of sulfonamides is 1. The van der Waals surface area contributed by atoms with E-state index < -0.39 is 10.0 Å². The van der Waals surface area contributed by atoms with Gasteiger partial charge in [-0.1, -0.05) is 31.7 Å². The van der Waals surface area contributed by atoms with Crippen LogP contribution in [0.2, 0.25) is 0 Å². The summed E-state index contributed by atoms with van der Waals surface area (Å²) in [4.78, 5) is 12.5. The van der Waals surface area contributed by atoms with Crippen molar-refractivity contribution >= 4 is 27.3 Å². The number of hydrogen-bond acceptors (Lipinski definition) is 4. The second-order valence-electron chi connectivity index (χ2n) is 7.70. The van der Waals surface area contributed by atoms with E-state index in [1.807, 2.05) is 0 Å². The van der Waals surface area contributed by atoms with Gasteiger partial charge in [0, 0.05) is 18.5 Å². The Bertz CT molecular complexity index is 657. The molecule has 0 atom stereocenters. The molecule has 5 nitrogen and oxygen atoms in total. The normalized spacial score (nSPS) is 25.5. The van der Waals surface area contributed by atoms with E-state index in [-0.39, 0.29) is 11.8 Å². The second kappa shape index (κ2) is 9.33. The highest BCUT2D eigenvalue weighted by atomic mass is 32.2. The molecule has 3 rings (SSSR count). The first-order valence-corrected chi connectivity index (χ1v) is 12.2. The van der Waals surface area contributed by atoms with Gasteiger partial charge in [0.25, 0.3) is 0 Å². The number of nitrogens with one attached hydrogen (secondary N) is 2. The van der Waals surface area contributed by atoms with Crippen LogP contribution >= 0.6 is 11.3 Å². The molecule has 1 heterocycles. The van der Waals surface area contributed by atoms with Crippen LogP contribution in [0.5, 0.6) is 0 Å². The Morgan fingerprint density at radius 2 is 1.73 bits per heavy atom. The summed E-state index contributed by atoms with van der Waals surface area (Å²) in [6, 6.07) is 3.74. The summed E-state index contributed by atoms with van der Waals surface area (Å²) in [7, 11) is -3.38. The van der Waals surface area contributed by atoms with E-state index in [4.69, 9.17) is 0 Å². The van der Waals surface area contributed by atoms with Crippen LogP contribution in [0, 0.1) is 11.8 Å². The first-order valence-electron chi connectivity index (χ1n) is 9.88. The number of carbonyl (C=O) groups is 1. The van der Waals surface area contributed by atoms with Gasteiger partial charge in [0.1, 0.15) is 4.21 Å². The zero-order chi connectivity index (χ0) is 18.4. The average molecular weight is 399 g/mol. The SMILES string of the molecule is O=C(NC1CCCCCC1)C1CCC(CNS(=O)(=O)c2cccs2)CC1. The molecule has 0 unspecified atom stereocenters. The van der Waals surface area contributed by atoms with Crippen LogP contribution in [0.3, 0.4) is 0 Å². The van der Waals surface area contributed by atoms with Gasteiger partial charge in [0.2, 0.25) is 15.9 Å². The summed E-state index contributed by atoms with van der Waals surface area (Å²) in [5.41, 5.74) is 0. The van der Waals surface area contributed by atoms with E-state index in [9.17, 15) is 13.2 Å². The fourth-order valence-corrected chi connectivity index (χ4v) is 6.24. The number of thiophene rings is 1. The molecular weight excluding hydrogens is 368 g/mol. The molecule has 0 saturated heterocycles. The van der Waals surface area contributed by atoms with Crippen LogP contribution in [0.1, 0.15) is 64.2 Å². The molecule has 2 fully saturated rings. The number of amides is 1. The van der Waals surface area contributed by atoms with E-state index in [0.29, 0.717) is 22.7 Å². The zero-order valence-corrected chi connectivity index (χ0v) is 16.9. The molecule has 2 saturated carbocycles. The Kier molecular flexibility index (Phi) is 7.12. The lowest BCUT2D eigenvalue weighted by atomic mass is 9.81. The molecule has 0 radical (unpaired) electrons. The maximum absolute atomic E-state index is 12.5. The molecular formula is C19H30N2O3S2.